The summed E-state index contributed by atoms with van der Waals surface area (Å²) < 4.78 is 2.37. The molecular weight excluding hydrogens is 136 g/mol. The zero-order chi connectivity index (χ0) is 8.01. The first-order chi connectivity index (χ1) is 5.20. The zero-order valence-electron chi connectivity index (χ0n) is 7.39. The summed E-state index contributed by atoms with van der Waals surface area (Å²) in [5.74, 6) is 1.18. The number of hydrogen-bond donors (Lipinski definition) is 0. The van der Waals surface area contributed by atoms with Crippen molar-refractivity contribution in [2.75, 3.05) is 0 Å². The molecule has 0 amide bonds. The summed E-state index contributed by atoms with van der Waals surface area (Å²) in [4.78, 5) is 4.45. The zero-order valence-corrected chi connectivity index (χ0v) is 7.39. The van der Waals surface area contributed by atoms with Crippen molar-refractivity contribution in [1.29, 1.82) is 0 Å². The minimum absolute atomic E-state index is 0.672. The lowest BCUT2D eigenvalue weighted by molar-refractivity contribution is 0.563. The number of fused-ring (bicyclic) bond motifs is 1. The third-order valence-electron chi connectivity index (χ3n) is 2.63. The number of aryl methyl sites for hydroxylation is 2. The number of nitrogens with zero attached hydrogens (tertiary/aromatic N) is 2. The summed E-state index contributed by atoms with van der Waals surface area (Å²) in [6.07, 6.45) is 2.51. The highest BCUT2D eigenvalue weighted by atomic mass is 15.1. The van der Waals surface area contributed by atoms with E-state index < -0.39 is 0 Å². The maximum atomic E-state index is 4.45. The Kier molecular flexibility index (Phi) is 1.31. The molecule has 1 aromatic heterocycles. The largest absolute Gasteiger partial charge is 0.329 e. The predicted molar refractivity (Wildman–Crippen MR) is 44.7 cm³/mol. The highest BCUT2D eigenvalue weighted by Crippen LogP contribution is 2.28. The Bertz CT molecular complexity index is 286. The first kappa shape index (κ1) is 6.89. The summed E-state index contributed by atoms with van der Waals surface area (Å²) >= 11 is 0. The molecule has 0 fully saturated rings. The molecule has 2 rings (SSSR count). The second-order valence-electron chi connectivity index (χ2n) is 3.45. The first-order valence-corrected chi connectivity index (χ1v) is 4.24. The first-order valence-electron chi connectivity index (χ1n) is 4.24. The van der Waals surface area contributed by atoms with Gasteiger partial charge in [-0.2, -0.15) is 0 Å². The average Bonchev–Trinajstić information content (AvgIpc) is 2.41. The molecule has 2 nitrogen and oxygen atoms in total. The van der Waals surface area contributed by atoms with E-state index in [1.165, 1.54) is 30.1 Å². The van der Waals surface area contributed by atoms with Crippen molar-refractivity contribution in [3.63, 3.8) is 0 Å². The molecule has 1 aliphatic rings. The van der Waals surface area contributed by atoms with Crippen LogP contribution >= 0.6 is 0 Å². The standard InChI is InChI=1S/C9H14N2/c1-6-4-5-9-7(2)10-8(3)11(6)9/h6H,4-5H2,1-3H3. The molecule has 0 saturated carbocycles. The van der Waals surface area contributed by atoms with Crippen molar-refractivity contribution in [2.24, 2.45) is 0 Å². The van der Waals surface area contributed by atoms with Gasteiger partial charge in [0.1, 0.15) is 5.82 Å². The molecule has 1 aliphatic heterocycles. The molecule has 1 unspecified atom stereocenters. The summed E-state index contributed by atoms with van der Waals surface area (Å²) in [5.41, 5.74) is 2.68. The van der Waals surface area contributed by atoms with E-state index in [-0.39, 0.29) is 0 Å². The van der Waals surface area contributed by atoms with Gasteiger partial charge >= 0.3 is 0 Å². The average molecular weight is 150 g/mol. The van der Waals surface area contributed by atoms with E-state index in [1.807, 2.05) is 0 Å². The lowest BCUT2D eigenvalue weighted by Crippen LogP contribution is -2.00. The van der Waals surface area contributed by atoms with E-state index in [2.05, 4.69) is 30.3 Å². The maximum absolute atomic E-state index is 4.45. The van der Waals surface area contributed by atoms with Gasteiger partial charge in [-0.05, 0) is 33.6 Å². The van der Waals surface area contributed by atoms with Crippen LogP contribution in [0.3, 0.4) is 0 Å². The van der Waals surface area contributed by atoms with Crippen LogP contribution in [0, 0.1) is 13.8 Å². The van der Waals surface area contributed by atoms with E-state index in [0.717, 1.165) is 0 Å². The van der Waals surface area contributed by atoms with Gasteiger partial charge in [-0.3, -0.25) is 0 Å². The van der Waals surface area contributed by atoms with Gasteiger partial charge in [0.15, 0.2) is 0 Å². The van der Waals surface area contributed by atoms with Crippen LogP contribution < -0.4 is 0 Å². The van der Waals surface area contributed by atoms with Crippen LogP contribution in [0.5, 0.6) is 0 Å². The van der Waals surface area contributed by atoms with Gasteiger partial charge in [0.25, 0.3) is 0 Å². The smallest absolute Gasteiger partial charge is 0.106 e. The number of rotatable bonds is 0. The second-order valence-corrected chi connectivity index (χ2v) is 3.45. The Morgan fingerprint density at radius 2 is 2.18 bits per heavy atom. The van der Waals surface area contributed by atoms with Crippen LogP contribution in [0.15, 0.2) is 0 Å². The Morgan fingerprint density at radius 1 is 1.45 bits per heavy atom. The van der Waals surface area contributed by atoms with Crippen molar-refractivity contribution in [3.05, 3.63) is 17.2 Å². The van der Waals surface area contributed by atoms with Crippen LogP contribution in [-0.2, 0) is 6.42 Å². The normalized spacial score (nSPS) is 22.3. The third kappa shape index (κ3) is 0.817. The maximum Gasteiger partial charge on any atom is 0.106 e. The lowest BCUT2D eigenvalue weighted by Gasteiger charge is -2.06. The molecule has 0 radical (unpaired) electrons. The molecule has 1 aromatic rings. The van der Waals surface area contributed by atoms with E-state index in [0.29, 0.717) is 6.04 Å². The minimum Gasteiger partial charge on any atom is -0.329 e. The van der Waals surface area contributed by atoms with Crippen molar-refractivity contribution in [2.45, 2.75) is 39.7 Å². The fourth-order valence-electron chi connectivity index (χ4n) is 2.09. The van der Waals surface area contributed by atoms with Gasteiger partial charge in [-0.1, -0.05) is 0 Å². The topological polar surface area (TPSA) is 17.8 Å². The molecule has 0 saturated heterocycles. The quantitative estimate of drug-likeness (QED) is 0.553. The highest BCUT2D eigenvalue weighted by Gasteiger charge is 2.22. The minimum atomic E-state index is 0.672. The molecule has 0 bridgehead atoms. The van der Waals surface area contributed by atoms with Gasteiger partial charge in [0.05, 0.1) is 5.69 Å². The number of aromatic nitrogens is 2. The third-order valence-corrected chi connectivity index (χ3v) is 2.63. The Hall–Kier alpha value is -0.790. The molecule has 0 aliphatic carbocycles. The Labute approximate surface area is 67.3 Å². The van der Waals surface area contributed by atoms with Crippen LogP contribution in [0.4, 0.5) is 0 Å². The van der Waals surface area contributed by atoms with Gasteiger partial charge < -0.3 is 4.57 Å². The Balaban J connectivity index is 2.60. The van der Waals surface area contributed by atoms with Crippen LogP contribution in [0.1, 0.15) is 36.6 Å². The van der Waals surface area contributed by atoms with Crippen LogP contribution in [0.25, 0.3) is 0 Å². The van der Waals surface area contributed by atoms with E-state index in [4.69, 9.17) is 0 Å². The summed E-state index contributed by atoms with van der Waals surface area (Å²) in [5, 5.41) is 0. The van der Waals surface area contributed by atoms with Crippen LogP contribution in [-0.4, -0.2) is 9.55 Å². The molecule has 2 heteroatoms. The van der Waals surface area contributed by atoms with E-state index >= 15 is 0 Å². The summed E-state index contributed by atoms with van der Waals surface area (Å²) in [6, 6.07) is 0.672. The molecule has 0 aromatic carbocycles. The van der Waals surface area contributed by atoms with Gasteiger partial charge in [0, 0.05) is 11.7 Å². The molecule has 2 heterocycles. The van der Waals surface area contributed by atoms with Crippen molar-refractivity contribution in [1.82, 2.24) is 9.55 Å². The highest BCUT2D eigenvalue weighted by molar-refractivity contribution is 5.19. The lowest BCUT2D eigenvalue weighted by atomic mass is 10.2. The molecule has 1 atom stereocenters. The second kappa shape index (κ2) is 2.10. The number of hydrogen-bond acceptors (Lipinski definition) is 1. The van der Waals surface area contributed by atoms with Crippen molar-refractivity contribution < 1.29 is 0 Å². The molecule has 0 N–H and O–H groups in total. The summed E-state index contributed by atoms with van der Waals surface area (Å²) in [7, 11) is 0. The molecule has 11 heavy (non-hydrogen) atoms. The van der Waals surface area contributed by atoms with Gasteiger partial charge in [0.2, 0.25) is 0 Å². The molecule has 60 valence electrons. The summed E-state index contributed by atoms with van der Waals surface area (Å²) in [6.45, 7) is 6.47. The fourth-order valence-corrected chi connectivity index (χ4v) is 2.09. The van der Waals surface area contributed by atoms with Crippen molar-refractivity contribution in [3.8, 4) is 0 Å². The Morgan fingerprint density at radius 3 is 2.82 bits per heavy atom. The van der Waals surface area contributed by atoms with Crippen LogP contribution in [0.2, 0.25) is 0 Å². The van der Waals surface area contributed by atoms with E-state index in [9.17, 15) is 0 Å². The van der Waals surface area contributed by atoms with Gasteiger partial charge in [-0.15, -0.1) is 0 Å². The molecule has 0 spiro atoms. The number of imidazole rings is 1. The SMILES string of the molecule is Cc1nc(C)n2c1CCC2C. The predicted octanol–water partition coefficient (Wildman–Crippen LogP) is 2.01. The van der Waals surface area contributed by atoms with Gasteiger partial charge in [-0.25, -0.2) is 4.98 Å². The fraction of sp³-hybridized carbons (Fsp3) is 0.667. The van der Waals surface area contributed by atoms with Crippen molar-refractivity contribution >= 4 is 0 Å². The molecular formula is C9H14N2. The van der Waals surface area contributed by atoms with E-state index in [1.54, 1.807) is 0 Å². The monoisotopic (exact) mass is 150 g/mol.